The normalized spacial score (nSPS) is 32.1. The van der Waals surface area contributed by atoms with Gasteiger partial charge in [-0.1, -0.05) is 6.42 Å². The van der Waals surface area contributed by atoms with E-state index in [2.05, 4.69) is 10.6 Å². The molecule has 1 aliphatic heterocycles. The molecule has 8 heteroatoms. The Morgan fingerprint density at radius 1 is 1.00 bits per heavy atom. The van der Waals surface area contributed by atoms with E-state index in [0.717, 1.165) is 12.8 Å². The van der Waals surface area contributed by atoms with E-state index in [4.69, 9.17) is 5.11 Å². The minimum Gasteiger partial charge on any atom is -0.481 e. The van der Waals surface area contributed by atoms with Gasteiger partial charge in [0.25, 0.3) is 0 Å². The van der Waals surface area contributed by atoms with Gasteiger partial charge in [0, 0.05) is 12.1 Å². The zero-order valence-corrected chi connectivity index (χ0v) is 12.7. The molecule has 2 fully saturated rings. The van der Waals surface area contributed by atoms with Crippen LogP contribution in [-0.2, 0) is 14.6 Å². The molecule has 2 amide bonds. The van der Waals surface area contributed by atoms with Crippen LogP contribution in [-0.4, -0.2) is 49.1 Å². The van der Waals surface area contributed by atoms with Gasteiger partial charge in [0.1, 0.15) is 0 Å². The third kappa shape index (κ3) is 4.87. The molecule has 1 aliphatic carbocycles. The Labute approximate surface area is 124 Å². The summed E-state index contributed by atoms with van der Waals surface area (Å²) in [5.41, 5.74) is 0. The monoisotopic (exact) mass is 318 g/mol. The fraction of sp³-hybridized carbons (Fsp3) is 0.846. The summed E-state index contributed by atoms with van der Waals surface area (Å²) in [4.78, 5) is 22.9. The Hall–Kier alpha value is -1.31. The van der Waals surface area contributed by atoms with Crippen LogP contribution in [0.25, 0.3) is 0 Å². The molecule has 21 heavy (non-hydrogen) atoms. The standard InChI is InChI=1S/C13H22N2O5S/c16-12(17)9-3-1-4-10(7-9)14-13(18)15-11-5-2-6-21(19,20)8-11/h9-11H,1-8H2,(H,16,17)(H2,14,15,18). The Kier molecular flexibility index (Phi) is 5.08. The van der Waals surface area contributed by atoms with Gasteiger partial charge in [-0.05, 0) is 32.1 Å². The highest BCUT2D eigenvalue weighted by atomic mass is 32.2. The molecule has 1 heterocycles. The van der Waals surface area contributed by atoms with Crippen LogP contribution in [0.4, 0.5) is 4.79 Å². The zero-order chi connectivity index (χ0) is 15.5. The summed E-state index contributed by atoms with van der Waals surface area (Å²) >= 11 is 0. The maximum atomic E-state index is 11.9. The summed E-state index contributed by atoms with van der Waals surface area (Å²) in [6, 6.07) is -0.893. The van der Waals surface area contributed by atoms with E-state index < -0.39 is 27.8 Å². The highest BCUT2D eigenvalue weighted by Gasteiger charge is 2.29. The van der Waals surface area contributed by atoms with Crippen molar-refractivity contribution >= 4 is 21.8 Å². The molecule has 3 unspecified atom stereocenters. The largest absolute Gasteiger partial charge is 0.481 e. The van der Waals surface area contributed by atoms with Crippen molar-refractivity contribution < 1.29 is 23.1 Å². The van der Waals surface area contributed by atoms with Gasteiger partial charge in [0.05, 0.1) is 17.4 Å². The van der Waals surface area contributed by atoms with Gasteiger partial charge in [-0.25, -0.2) is 13.2 Å². The summed E-state index contributed by atoms with van der Waals surface area (Å²) < 4.78 is 23.0. The lowest BCUT2D eigenvalue weighted by atomic mass is 9.86. The molecule has 1 saturated carbocycles. The lowest BCUT2D eigenvalue weighted by molar-refractivity contribution is -0.143. The molecule has 0 bridgehead atoms. The lowest BCUT2D eigenvalue weighted by Gasteiger charge is -2.29. The zero-order valence-electron chi connectivity index (χ0n) is 11.9. The van der Waals surface area contributed by atoms with Gasteiger partial charge in [-0.15, -0.1) is 0 Å². The fourth-order valence-corrected chi connectivity index (χ4v) is 4.73. The second-order valence-corrected chi connectivity index (χ2v) is 8.20. The number of amides is 2. The number of rotatable bonds is 3. The predicted molar refractivity (Wildman–Crippen MR) is 76.7 cm³/mol. The minimum atomic E-state index is -3.05. The predicted octanol–water partition coefficient (Wildman–Crippen LogP) is 0.506. The summed E-state index contributed by atoms with van der Waals surface area (Å²) in [5, 5.41) is 14.5. The summed E-state index contributed by atoms with van der Waals surface area (Å²) in [6.45, 7) is 0. The van der Waals surface area contributed by atoms with Crippen LogP contribution in [0.15, 0.2) is 0 Å². The molecule has 2 aliphatic rings. The van der Waals surface area contributed by atoms with Crippen LogP contribution in [0, 0.1) is 5.92 Å². The van der Waals surface area contributed by atoms with Crippen LogP contribution >= 0.6 is 0 Å². The Bertz CT molecular complexity index is 505. The van der Waals surface area contributed by atoms with Gasteiger partial charge in [0.2, 0.25) is 0 Å². The molecular weight excluding hydrogens is 296 g/mol. The molecule has 0 aromatic rings. The van der Waals surface area contributed by atoms with Crippen molar-refractivity contribution in [2.24, 2.45) is 5.92 Å². The first kappa shape index (κ1) is 16.1. The minimum absolute atomic E-state index is 0.0111. The maximum Gasteiger partial charge on any atom is 0.315 e. The smallest absolute Gasteiger partial charge is 0.315 e. The number of carbonyl (C=O) groups excluding carboxylic acids is 1. The molecule has 0 spiro atoms. The van der Waals surface area contributed by atoms with Crippen molar-refractivity contribution in [1.29, 1.82) is 0 Å². The number of carboxylic acids is 1. The third-order valence-corrected chi connectivity index (χ3v) is 5.98. The van der Waals surface area contributed by atoms with Gasteiger partial charge >= 0.3 is 12.0 Å². The number of urea groups is 1. The van der Waals surface area contributed by atoms with Crippen molar-refractivity contribution in [2.45, 2.75) is 50.6 Å². The van der Waals surface area contributed by atoms with E-state index >= 15 is 0 Å². The van der Waals surface area contributed by atoms with Crippen LogP contribution in [0.5, 0.6) is 0 Å². The average Bonchev–Trinajstić information content (AvgIpc) is 2.37. The van der Waals surface area contributed by atoms with E-state index in [-0.39, 0.29) is 23.6 Å². The molecule has 0 aromatic heterocycles. The highest BCUT2D eigenvalue weighted by molar-refractivity contribution is 7.91. The maximum absolute atomic E-state index is 11.9. The van der Waals surface area contributed by atoms with E-state index in [0.29, 0.717) is 25.7 Å². The number of aliphatic carboxylic acids is 1. The number of hydrogen-bond acceptors (Lipinski definition) is 4. The van der Waals surface area contributed by atoms with Gasteiger partial charge in [-0.2, -0.15) is 0 Å². The van der Waals surface area contributed by atoms with Crippen molar-refractivity contribution in [3.63, 3.8) is 0 Å². The van der Waals surface area contributed by atoms with Crippen LogP contribution < -0.4 is 10.6 Å². The fourth-order valence-electron chi connectivity index (χ4n) is 3.09. The molecule has 3 N–H and O–H groups in total. The first-order chi connectivity index (χ1) is 9.85. The van der Waals surface area contributed by atoms with E-state index in [1.807, 2.05) is 0 Å². The molecule has 7 nitrogen and oxygen atoms in total. The molecular formula is C13H22N2O5S. The first-order valence-electron chi connectivity index (χ1n) is 7.36. The molecule has 0 aromatic carbocycles. The summed E-state index contributed by atoms with van der Waals surface area (Å²) in [7, 11) is -3.05. The Morgan fingerprint density at radius 2 is 1.67 bits per heavy atom. The van der Waals surface area contributed by atoms with Crippen LogP contribution in [0.3, 0.4) is 0 Å². The molecule has 0 radical (unpaired) electrons. The number of sulfone groups is 1. The van der Waals surface area contributed by atoms with Crippen molar-refractivity contribution in [3.05, 3.63) is 0 Å². The summed E-state index contributed by atoms with van der Waals surface area (Å²) in [5.74, 6) is -1.04. The molecule has 1 saturated heterocycles. The SMILES string of the molecule is O=C(NC1CCCC(C(=O)O)C1)NC1CCCS(=O)(=O)C1. The second kappa shape index (κ2) is 6.64. The number of carboxylic acid groups (broad SMARTS) is 1. The molecule has 2 rings (SSSR count). The lowest BCUT2D eigenvalue weighted by Crippen LogP contribution is -2.50. The van der Waals surface area contributed by atoms with E-state index in [1.54, 1.807) is 0 Å². The Balaban J connectivity index is 1.80. The van der Waals surface area contributed by atoms with Gasteiger partial charge < -0.3 is 15.7 Å². The Morgan fingerprint density at radius 3 is 2.33 bits per heavy atom. The second-order valence-electron chi connectivity index (χ2n) is 5.97. The topological polar surface area (TPSA) is 113 Å². The van der Waals surface area contributed by atoms with Gasteiger partial charge in [0.15, 0.2) is 9.84 Å². The van der Waals surface area contributed by atoms with Crippen molar-refractivity contribution in [3.8, 4) is 0 Å². The van der Waals surface area contributed by atoms with Crippen LogP contribution in [0.1, 0.15) is 38.5 Å². The van der Waals surface area contributed by atoms with Crippen LogP contribution in [0.2, 0.25) is 0 Å². The quantitative estimate of drug-likeness (QED) is 0.701. The average molecular weight is 318 g/mol. The first-order valence-corrected chi connectivity index (χ1v) is 9.18. The molecule has 3 atom stereocenters. The summed E-state index contributed by atoms with van der Waals surface area (Å²) in [6.07, 6.45) is 3.86. The number of hydrogen-bond donors (Lipinski definition) is 3. The highest BCUT2D eigenvalue weighted by Crippen LogP contribution is 2.24. The van der Waals surface area contributed by atoms with E-state index in [1.165, 1.54) is 0 Å². The van der Waals surface area contributed by atoms with Gasteiger partial charge in [-0.3, -0.25) is 4.79 Å². The molecule has 120 valence electrons. The number of carbonyl (C=O) groups is 2. The van der Waals surface area contributed by atoms with Crippen molar-refractivity contribution in [2.75, 3.05) is 11.5 Å². The number of nitrogens with one attached hydrogen (secondary N) is 2. The van der Waals surface area contributed by atoms with Crippen molar-refractivity contribution in [1.82, 2.24) is 10.6 Å². The van der Waals surface area contributed by atoms with E-state index in [9.17, 15) is 18.0 Å². The third-order valence-electron chi connectivity index (χ3n) is 4.16.